The van der Waals surface area contributed by atoms with Gasteiger partial charge in [-0.15, -0.1) is 0 Å². The van der Waals surface area contributed by atoms with Crippen LogP contribution in [0.15, 0.2) is 42.5 Å². The van der Waals surface area contributed by atoms with E-state index < -0.39 is 23.8 Å². The third-order valence-corrected chi connectivity index (χ3v) is 8.96. The number of hydrogen-bond donors (Lipinski definition) is 4. The van der Waals surface area contributed by atoms with Gasteiger partial charge >= 0.3 is 11.9 Å². The van der Waals surface area contributed by atoms with Gasteiger partial charge in [-0.1, -0.05) is 37.3 Å². The van der Waals surface area contributed by atoms with Crippen molar-refractivity contribution in [2.45, 2.75) is 45.6 Å². The Morgan fingerprint density at radius 1 is 1.00 bits per heavy atom. The molecule has 0 spiro atoms. The van der Waals surface area contributed by atoms with Gasteiger partial charge in [0.25, 0.3) is 0 Å². The van der Waals surface area contributed by atoms with Crippen LogP contribution in [0.2, 0.25) is 0 Å². The van der Waals surface area contributed by atoms with Crippen LogP contribution in [0.4, 0.5) is 0 Å². The van der Waals surface area contributed by atoms with Gasteiger partial charge in [-0.25, -0.2) is 4.98 Å². The fourth-order valence-corrected chi connectivity index (χ4v) is 6.56. The number of aromatic nitrogens is 2. The van der Waals surface area contributed by atoms with Crippen molar-refractivity contribution in [2.24, 2.45) is 35.5 Å². The number of rotatable bonds is 11. The lowest BCUT2D eigenvalue weighted by atomic mass is 9.86. The summed E-state index contributed by atoms with van der Waals surface area (Å²) in [6.07, 6.45) is 12.3. The Morgan fingerprint density at radius 3 is 2.26 bits per heavy atom. The third kappa shape index (κ3) is 5.86. The van der Waals surface area contributed by atoms with Crippen molar-refractivity contribution >= 4 is 23.0 Å². The molecule has 1 aliphatic carbocycles. The van der Waals surface area contributed by atoms with Crippen LogP contribution in [0.5, 0.6) is 0 Å². The van der Waals surface area contributed by atoms with E-state index in [1.807, 2.05) is 12.1 Å². The SMILES string of the molecule is CC1C=CC=CC1CCn1c(C[C@H](C(=O)O)[C@H]2CCNC2)nc2cc(C[C@H](C(=O)O)[C@H]3CCNC3)ccc21. The maximum absolute atomic E-state index is 12.3. The zero-order chi connectivity index (χ0) is 26.6. The average molecular weight is 521 g/mol. The van der Waals surface area contributed by atoms with Crippen molar-refractivity contribution in [3.8, 4) is 0 Å². The summed E-state index contributed by atoms with van der Waals surface area (Å²) < 4.78 is 2.21. The maximum Gasteiger partial charge on any atom is 0.307 e. The smallest absolute Gasteiger partial charge is 0.307 e. The average Bonchev–Trinajstić information content (AvgIpc) is 3.66. The molecular weight excluding hydrogens is 480 g/mol. The van der Waals surface area contributed by atoms with Gasteiger partial charge in [0.15, 0.2) is 0 Å². The predicted octanol–water partition coefficient (Wildman–Crippen LogP) is 3.51. The minimum atomic E-state index is -0.763. The molecule has 8 nitrogen and oxygen atoms in total. The summed E-state index contributed by atoms with van der Waals surface area (Å²) in [7, 11) is 0. The van der Waals surface area contributed by atoms with Crippen LogP contribution in [0.25, 0.3) is 11.0 Å². The Balaban J connectivity index is 1.44. The molecule has 2 aliphatic heterocycles. The van der Waals surface area contributed by atoms with Crippen molar-refractivity contribution in [2.75, 3.05) is 26.2 Å². The second-order valence-electron chi connectivity index (χ2n) is 11.4. The number of carbonyl (C=O) groups is 2. The van der Waals surface area contributed by atoms with Gasteiger partial charge in [-0.05, 0) is 93.2 Å². The highest BCUT2D eigenvalue weighted by atomic mass is 16.4. The molecular formula is C30H40N4O4. The van der Waals surface area contributed by atoms with E-state index in [2.05, 4.69) is 52.5 Å². The predicted molar refractivity (Wildman–Crippen MR) is 147 cm³/mol. The molecule has 3 heterocycles. The zero-order valence-corrected chi connectivity index (χ0v) is 22.2. The fraction of sp³-hybridized carbons (Fsp3) is 0.567. The standard InChI is InChI=1S/C30H40N4O4/c1-19-4-2-3-5-21(19)10-13-34-27-7-6-20(14-24(29(35)36)22-8-11-31-17-22)15-26(27)33-28(34)16-25(30(37)38)23-9-12-32-18-23/h2-7,15,19,21-25,31-32H,8-14,16-18H2,1H3,(H,35,36)(H,37,38)/t19?,21?,22-,23-,24-,25-/m0/s1. The van der Waals surface area contributed by atoms with Gasteiger partial charge in [0.2, 0.25) is 0 Å². The maximum atomic E-state index is 12.3. The first-order chi connectivity index (χ1) is 18.4. The summed E-state index contributed by atoms with van der Waals surface area (Å²) in [4.78, 5) is 29.3. The summed E-state index contributed by atoms with van der Waals surface area (Å²) in [5.74, 6) is -0.495. The van der Waals surface area contributed by atoms with Crippen molar-refractivity contribution in [3.05, 3.63) is 53.9 Å². The van der Waals surface area contributed by atoms with Crippen LogP contribution >= 0.6 is 0 Å². The number of nitrogens with one attached hydrogen (secondary N) is 2. The normalized spacial score (nSPS) is 26.7. The molecule has 204 valence electrons. The molecule has 2 unspecified atom stereocenters. The number of carboxylic acid groups (broad SMARTS) is 2. The van der Waals surface area contributed by atoms with E-state index >= 15 is 0 Å². The van der Waals surface area contributed by atoms with Crippen LogP contribution in [-0.4, -0.2) is 57.9 Å². The minimum Gasteiger partial charge on any atom is -0.481 e. The Kier molecular flexibility index (Phi) is 8.29. The van der Waals surface area contributed by atoms with Crippen LogP contribution in [0, 0.1) is 35.5 Å². The largest absolute Gasteiger partial charge is 0.481 e. The van der Waals surface area contributed by atoms with Gasteiger partial charge in [-0.2, -0.15) is 0 Å². The second kappa shape index (κ2) is 11.8. The molecule has 6 atom stereocenters. The first-order valence-corrected chi connectivity index (χ1v) is 14.1. The van der Waals surface area contributed by atoms with Crippen LogP contribution in [0.1, 0.15) is 37.6 Å². The van der Waals surface area contributed by atoms with Crippen molar-refractivity contribution in [1.29, 1.82) is 0 Å². The fourth-order valence-electron chi connectivity index (χ4n) is 6.56. The molecule has 8 heteroatoms. The Bertz CT molecular complexity index is 1210. The second-order valence-corrected chi connectivity index (χ2v) is 11.4. The summed E-state index contributed by atoms with van der Waals surface area (Å²) in [5, 5.41) is 26.6. The molecule has 2 fully saturated rings. The molecule has 4 N–H and O–H groups in total. The highest BCUT2D eigenvalue weighted by Gasteiger charge is 2.33. The highest BCUT2D eigenvalue weighted by molar-refractivity contribution is 5.78. The Labute approximate surface area is 224 Å². The molecule has 1 aromatic heterocycles. The van der Waals surface area contributed by atoms with Crippen molar-refractivity contribution in [3.63, 3.8) is 0 Å². The summed E-state index contributed by atoms with van der Waals surface area (Å²) in [6, 6.07) is 6.11. The monoisotopic (exact) mass is 520 g/mol. The van der Waals surface area contributed by atoms with Gasteiger partial charge in [0.05, 0.1) is 22.9 Å². The molecule has 0 radical (unpaired) electrons. The van der Waals surface area contributed by atoms with Gasteiger partial charge < -0.3 is 25.4 Å². The highest BCUT2D eigenvalue weighted by Crippen LogP contribution is 2.30. The molecule has 0 amide bonds. The number of imidazole rings is 1. The number of aryl methyl sites for hydroxylation is 1. The first kappa shape index (κ1) is 26.6. The van der Waals surface area contributed by atoms with Crippen LogP contribution < -0.4 is 10.6 Å². The number of allylic oxidation sites excluding steroid dienone is 4. The van der Waals surface area contributed by atoms with E-state index in [1.54, 1.807) is 0 Å². The minimum absolute atomic E-state index is 0.0964. The van der Waals surface area contributed by atoms with E-state index in [4.69, 9.17) is 4.98 Å². The van der Waals surface area contributed by atoms with E-state index in [-0.39, 0.29) is 11.8 Å². The number of aliphatic carboxylic acids is 2. The van der Waals surface area contributed by atoms with E-state index in [9.17, 15) is 19.8 Å². The summed E-state index contributed by atoms with van der Waals surface area (Å²) in [6.45, 7) is 6.19. The van der Waals surface area contributed by atoms with Crippen LogP contribution in [-0.2, 0) is 29.0 Å². The van der Waals surface area contributed by atoms with Crippen LogP contribution in [0.3, 0.4) is 0 Å². The molecule has 3 aliphatic rings. The van der Waals surface area contributed by atoms with Gasteiger partial charge in [0.1, 0.15) is 5.82 Å². The van der Waals surface area contributed by atoms with E-state index in [0.29, 0.717) is 24.7 Å². The molecule has 38 heavy (non-hydrogen) atoms. The molecule has 1 aromatic carbocycles. The quantitative estimate of drug-likeness (QED) is 0.358. The molecule has 2 aromatic rings. The van der Waals surface area contributed by atoms with Crippen molar-refractivity contribution < 1.29 is 19.8 Å². The number of nitrogens with zero attached hydrogens (tertiary/aromatic N) is 2. The molecule has 0 saturated carbocycles. The third-order valence-electron chi connectivity index (χ3n) is 8.96. The summed E-state index contributed by atoms with van der Waals surface area (Å²) >= 11 is 0. The lowest BCUT2D eigenvalue weighted by Gasteiger charge is -2.22. The zero-order valence-electron chi connectivity index (χ0n) is 22.2. The van der Waals surface area contributed by atoms with E-state index in [0.717, 1.165) is 74.4 Å². The molecule has 2 saturated heterocycles. The van der Waals surface area contributed by atoms with Crippen molar-refractivity contribution in [1.82, 2.24) is 20.2 Å². The van der Waals surface area contributed by atoms with E-state index in [1.165, 1.54) is 0 Å². The Morgan fingerprint density at radius 2 is 1.66 bits per heavy atom. The van der Waals surface area contributed by atoms with Gasteiger partial charge in [0, 0.05) is 13.0 Å². The molecule has 0 bridgehead atoms. The van der Waals surface area contributed by atoms with Gasteiger partial charge in [-0.3, -0.25) is 9.59 Å². The lowest BCUT2D eigenvalue weighted by molar-refractivity contribution is -0.144. The topological polar surface area (TPSA) is 116 Å². The number of fused-ring (bicyclic) bond motifs is 1. The molecule has 5 rings (SSSR count). The number of hydrogen-bond acceptors (Lipinski definition) is 5. The summed E-state index contributed by atoms with van der Waals surface area (Å²) in [5.41, 5.74) is 2.79. The Hall–Kier alpha value is -2.97. The lowest BCUT2D eigenvalue weighted by Crippen LogP contribution is -2.28. The first-order valence-electron chi connectivity index (χ1n) is 14.1. The number of carboxylic acids is 2. The number of benzene rings is 1.